The highest BCUT2D eigenvalue weighted by Crippen LogP contribution is 2.35. The van der Waals surface area contributed by atoms with Crippen molar-refractivity contribution >= 4 is 15.9 Å². The fraction of sp³-hybridized carbons (Fsp3) is 0.462. The van der Waals surface area contributed by atoms with Gasteiger partial charge in [-0.15, -0.1) is 0 Å². The largest absolute Gasteiger partial charge is 0.374 e. The van der Waals surface area contributed by atoms with E-state index in [1.807, 2.05) is 0 Å². The summed E-state index contributed by atoms with van der Waals surface area (Å²) in [5.41, 5.74) is 0.543. The Morgan fingerprint density at radius 1 is 1.29 bits per heavy atom. The summed E-state index contributed by atoms with van der Waals surface area (Å²) in [4.78, 5) is 11.8. The number of alkyl halides is 2. The van der Waals surface area contributed by atoms with Crippen LogP contribution in [0.4, 0.5) is 8.78 Å². The average molecular weight is 319 g/mol. The molecule has 1 heterocycles. The lowest BCUT2D eigenvalue weighted by atomic mass is 10.1. The van der Waals surface area contributed by atoms with Crippen molar-refractivity contribution in [2.24, 2.45) is 0 Å². The van der Waals surface area contributed by atoms with Gasteiger partial charge in [-0.25, -0.2) is 21.5 Å². The zero-order chi connectivity index (χ0) is 15.5. The van der Waals surface area contributed by atoms with Crippen molar-refractivity contribution in [1.82, 2.24) is 4.31 Å². The summed E-state index contributed by atoms with van der Waals surface area (Å²) in [7, 11) is -3.81. The third-order valence-corrected chi connectivity index (χ3v) is 5.32. The van der Waals surface area contributed by atoms with Gasteiger partial charge >= 0.3 is 0 Å². The summed E-state index contributed by atoms with van der Waals surface area (Å²) < 4.78 is 53.9. The number of hydrogen-bond donors (Lipinski definition) is 0. The Hall–Kier alpha value is -1.54. The molecule has 0 bridgehead atoms. The molecule has 0 N–H and O–H groups in total. The van der Waals surface area contributed by atoms with Gasteiger partial charge in [0.1, 0.15) is 11.9 Å². The Labute approximate surface area is 121 Å². The summed E-state index contributed by atoms with van der Waals surface area (Å²) >= 11 is 0. The van der Waals surface area contributed by atoms with Gasteiger partial charge in [0.15, 0.2) is 0 Å². The van der Waals surface area contributed by atoms with Gasteiger partial charge in [-0.05, 0) is 5.56 Å². The molecule has 0 aromatic heterocycles. The van der Waals surface area contributed by atoms with E-state index in [1.54, 1.807) is 30.3 Å². The van der Waals surface area contributed by atoms with Crippen LogP contribution in [0.15, 0.2) is 30.3 Å². The summed E-state index contributed by atoms with van der Waals surface area (Å²) in [6.07, 6.45) is -2.76. The highest BCUT2D eigenvalue weighted by atomic mass is 32.2. The maximum Gasteiger partial charge on any atom is 0.261 e. The Balaban J connectivity index is 2.05. The molecule has 1 aromatic carbocycles. The number of benzene rings is 1. The average Bonchev–Trinajstić information content (AvgIpc) is 2.66. The molecule has 1 aliphatic heterocycles. The number of sulfonamides is 1. The van der Waals surface area contributed by atoms with E-state index in [4.69, 9.17) is 0 Å². The van der Waals surface area contributed by atoms with Gasteiger partial charge in [0, 0.05) is 0 Å². The number of ether oxygens (including phenoxy) is 1. The van der Waals surface area contributed by atoms with Crippen LogP contribution in [0, 0.1) is 0 Å². The Kier molecular flexibility index (Phi) is 4.89. The van der Waals surface area contributed by atoms with E-state index in [0.29, 0.717) is 5.56 Å². The minimum absolute atomic E-state index is 0.138. The van der Waals surface area contributed by atoms with Crippen LogP contribution in [0.2, 0.25) is 0 Å². The van der Waals surface area contributed by atoms with Crippen LogP contribution in [-0.4, -0.2) is 44.8 Å². The molecule has 116 valence electrons. The Bertz CT molecular complexity index is 591. The molecule has 1 atom stereocenters. The first-order valence-electron chi connectivity index (χ1n) is 6.38. The Morgan fingerprint density at radius 2 is 1.95 bits per heavy atom. The molecule has 0 saturated carbocycles. The maximum absolute atomic E-state index is 12.3. The highest BCUT2D eigenvalue weighted by Gasteiger charge is 2.44. The lowest BCUT2D eigenvalue weighted by Gasteiger charge is -2.17. The first-order valence-corrected chi connectivity index (χ1v) is 7.88. The van der Waals surface area contributed by atoms with E-state index >= 15 is 0 Å². The minimum Gasteiger partial charge on any atom is -0.374 e. The van der Waals surface area contributed by atoms with Crippen molar-refractivity contribution < 1.29 is 26.7 Å². The molecule has 1 fully saturated rings. The van der Waals surface area contributed by atoms with E-state index in [0.717, 1.165) is 4.31 Å². The molecule has 1 aromatic rings. The first-order chi connectivity index (χ1) is 9.93. The topological polar surface area (TPSA) is 63.7 Å². The Morgan fingerprint density at radius 3 is 2.57 bits per heavy atom. The number of nitrogens with zero attached hydrogens (tertiary/aromatic N) is 1. The van der Waals surface area contributed by atoms with Gasteiger partial charge in [-0.2, -0.15) is 0 Å². The number of carbonyl (C=O) groups excluding carboxylic acids is 1. The van der Waals surface area contributed by atoms with E-state index in [9.17, 15) is 22.0 Å². The molecule has 0 spiro atoms. The van der Waals surface area contributed by atoms with Gasteiger partial charge < -0.3 is 4.74 Å². The number of carbonyl (C=O) groups is 1. The molecule has 21 heavy (non-hydrogen) atoms. The predicted octanol–water partition coefficient (Wildman–Crippen LogP) is 1.57. The van der Waals surface area contributed by atoms with Crippen molar-refractivity contribution in [2.45, 2.75) is 18.1 Å². The lowest BCUT2D eigenvalue weighted by molar-refractivity contribution is -0.125. The van der Waals surface area contributed by atoms with Crippen LogP contribution in [-0.2, 0) is 19.6 Å². The molecular weight excluding hydrogens is 304 g/mol. The van der Waals surface area contributed by atoms with E-state index in [-0.39, 0.29) is 19.6 Å². The third kappa shape index (κ3) is 3.56. The second kappa shape index (κ2) is 6.48. The van der Waals surface area contributed by atoms with Crippen molar-refractivity contribution in [3.05, 3.63) is 35.9 Å². The SMILES string of the molecule is O=C1CC(c2ccccc2)S(=O)(=O)N1CCOCC(F)F. The smallest absolute Gasteiger partial charge is 0.261 e. The fourth-order valence-corrected chi connectivity index (χ4v) is 4.04. The van der Waals surface area contributed by atoms with Crippen molar-refractivity contribution in [3.8, 4) is 0 Å². The molecular formula is C13H15F2NO4S. The van der Waals surface area contributed by atoms with Crippen LogP contribution >= 0.6 is 0 Å². The number of halogens is 2. The van der Waals surface area contributed by atoms with Crippen molar-refractivity contribution in [3.63, 3.8) is 0 Å². The fourth-order valence-electron chi connectivity index (χ4n) is 2.19. The number of rotatable bonds is 6. The minimum atomic E-state index is -3.81. The van der Waals surface area contributed by atoms with Crippen LogP contribution in [0.1, 0.15) is 17.2 Å². The van der Waals surface area contributed by atoms with Crippen LogP contribution in [0.5, 0.6) is 0 Å². The summed E-state index contributed by atoms with van der Waals surface area (Å²) in [6, 6.07) is 8.44. The quantitative estimate of drug-likeness (QED) is 0.747. The van der Waals surface area contributed by atoms with E-state index < -0.39 is 34.2 Å². The van der Waals surface area contributed by atoms with Crippen LogP contribution in [0.25, 0.3) is 0 Å². The number of hydrogen-bond acceptors (Lipinski definition) is 4. The van der Waals surface area contributed by atoms with Gasteiger partial charge in [-0.1, -0.05) is 30.3 Å². The normalized spacial score (nSPS) is 21.2. The van der Waals surface area contributed by atoms with Crippen molar-refractivity contribution in [1.29, 1.82) is 0 Å². The standard InChI is InChI=1S/C13H15F2NO4S/c14-12(15)9-20-7-6-16-13(17)8-11(21(16,18)19)10-4-2-1-3-5-10/h1-5,11-12H,6-9H2. The maximum atomic E-state index is 12.3. The van der Waals surface area contributed by atoms with E-state index in [2.05, 4.69) is 4.74 Å². The molecule has 8 heteroatoms. The molecule has 0 aliphatic carbocycles. The molecule has 2 rings (SSSR count). The molecule has 1 unspecified atom stereocenters. The summed E-state index contributed by atoms with van der Waals surface area (Å²) in [6.45, 7) is -1.25. The lowest BCUT2D eigenvalue weighted by Crippen LogP contribution is -2.33. The predicted molar refractivity (Wildman–Crippen MR) is 71.3 cm³/mol. The zero-order valence-electron chi connectivity index (χ0n) is 11.1. The molecule has 1 saturated heterocycles. The third-order valence-electron chi connectivity index (χ3n) is 3.16. The number of amides is 1. The van der Waals surface area contributed by atoms with Gasteiger partial charge in [-0.3, -0.25) is 4.79 Å². The van der Waals surface area contributed by atoms with E-state index in [1.165, 1.54) is 0 Å². The second-order valence-electron chi connectivity index (χ2n) is 4.58. The van der Waals surface area contributed by atoms with Gasteiger partial charge in [0.25, 0.3) is 6.43 Å². The monoisotopic (exact) mass is 319 g/mol. The van der Waals surface area contributed by atoms with Crippen LogP contribution in [0.3, 0.4) is 0 Å². The first kappa shape index (κ1) is 15.8. The second-order valence-corrected chi connectivity index (χ2v) is 6.62. The van der Waals surface area contributed by atoms with Crippen molar-refractivity contribution in [2.75, 3.05) is 19.8 Å². The van der Waals surface area contributed by atoms with Gasteiger partial charge in [0.2, 0.25) is 15.9 Å². The van der Waals surface area contributed by atoms with Gasteiger partial charge in [0.05, 0.1) is 19.6 Å². The molecule has 5 nitrogen and oxygen atoms in total. The highest BCUT2D eigenvalue weighted by molar-refractivity contribution is 7.90. The molecule has 0 radical (unpaired) electrons. The summed E-state index contributed by atoms with van der Waals surface area (Å²) in [5.74, 6) is -0.538. The molecule has 1 amide bonds. The summed E-state index contributed by atoms with van der Waals surface area (Å²) in [5, 5.41) is -0.915. The van der Waals surface area contributed by atoms with Crippen LogP contribution < -0.4 is 0 Å². The molecule has 1 aliphatic rings. The zero-order valence-corrected chi connectivity index (χ0v) is 11.9.